The van der Waals surface area contributed by atoms with Gasteiger partial charge in [0.1, 0.15) is 5.69 Å². The average molecular weight is 427 g/mol. The molecular formula is C26H30N6. The lowest BCUT2D eigenvalue weighted by Gasteiger charge is -2.33. The van der Waals surface area contributed by atoms with Crippen molar-refractivity contribution in [3.8, 4) is 11.5 Å². The first-order valence-corrected chi connectivity index (χ1v) is 11.6. The summed E-state index contributed by atoms with van der Waals surface area (Å²) in [7, 11) is 0. The van der Waals surface area contributed by atoms with Crippen LogP contribution in [0.3, 0.4) is 0 Å². The van der Waals surface area contributed by atoms with E-state index in [-0.39, 0.29) is 5.41 Å². The standard InChI is InChI=1S/C26H30N6/c1-16(31-15-19-12-20(31)13-27-19)18-9-11-23-29-30-25(32(23)14-18)22-10-8-17-6-5-7-21(24(17)28-22)26(2,3)4/h5-11,14,16,19-20,27H,12-13,15H2,1-4H3/t16-,19-,20-/m0/s1. The lowest BCUT2D eigenvalue weighted by Crippen LogP contribution is -2.44. The van der Waals surface area contributed by atoms with Gasteiger partial charge < -0.3 is 5.32 Å². The highest BCUT2D eigenvalue weighted by atomic mass is 15.3. The van der Waals surface area contributed by atoms with Crippen molar-refractivity contribution in [3.05, 3.63) is 59.8 Å². The fraction of sp³-hybridized carbons (Fsp3) is 0.423. The molecule has 3 atom stereocenters. The summed E-state index contributed by atoms with van der Waals surface area (Å²) in [4.78, 5) is 7.71. The molecule has 0 amide bonds. The van der Waals surface area contributed by atoms with Crippen LogP contribution in [0.2, 0.25) is 0 Å². The van der Waals surface area contributed by atoms with E-state index >= 15 is 0 Å². The number of nitrogens with zero attached hydrogens (tertiary/aromatic N) is 5. The summed E-state index contributed by atoms with van der Waals surface area (Å²) in [5.74, 6) is 0.796. The molecule has 0 unspecified atom stereocenters. The van der Waals surface area contributed by atoms with Gasteiger partial charge in [-0.3, -0.25) is 9.30 Å². The number of piperazine rings is 1. The van der Waals surface area contributed by atoms with Gasteiger partial charge in [0.05, 0.1) is 5.52 Å². The number of rotatable bonds is 3. The van der Waals surface area contributed by atoms with E-state index in [2.05, 4.69) is 101 Å². The van der Waals surface area contributed by atoms with Crippen LogP contribution in [0.4, 0.5) is 0 Å². The van der Waals surface area contributed by atoms with Crippen LogP contribution in [0.15, 0.2) is 48.7 Å². The first-order valence-electron chi connectivity index (χ1n) is 11.6. The zero-order valence-electron chi connectivity index (χ0n) is 19.2. The Balaban J connectivity index is 1.43. The lowest BCUT2D eigenvalue weighted by atomic mass is 9.85. The van der Waals surface area contributed by atoms with Gasteiger partial charge in [-0.25, -0.2) is 4.98 Å². The first kappa shape index (κ1) is 19.8. The second-order valence-electron chi connectivity index (χ2n) is 10.4. The molecule has 1 aromatic carbocycles. The van der Waals surface area contributed by atoms with Crippen molar-refractivity contribution >= 4 is 16.6 Å². The predicted molar refractivity (Wildman–Crippen MR) is 128 cm³/mol. The molecule has 6 heteroatoms. The number of benzene rings is 1. The maximum atomic E-state index is 5.08. The Bertz CT molecular complexity index is 1320. The molecule has 2 aliphatic rings. The minimum Gasteiger partial charge on any atom is -0.311 e. The third-order valence-electron chi connectivity index (χ3n) is 7.26. The number of hydrogen-bond acceptors (Lipinski definition) is 5. The molecule has 164 valence electrons. The Morgan fingerprint density at radius 1 is 1.06 bits per heavy atom. The molecule has 5 heterocycles. The second kappa shape index (κ2) is 7.09. The van der Waals surface area contributed by atoms with Crippen molar-refractivity contribution in [1.29, 1.82) is 0 Å². The summed E-state index contributed by atoms with van der Waals surface area (Å²) in [6.45, 7) is 11.2. The maximum Gasteiger partial charge on any atom is 0.187 e. The smallest absolute Gasteiger partial charge is 0.187 e. The highest BCUT2D eigenvalue weighted by Crippen LogP contribution is 2.33. The van der Waals surface area contributed by atoms with E-state index in [1.54, 1.807) is 0 Å². The predicted octanol–water partition coefficient (Wildman–Crippen LogP) is 4.35. The molecule has 2 aliphatic heterocycles. The Labute approximate surface area is 188 Å². The Morgan fingerprint density at radius 2 is 1.94 bits per heavy atom. The highest BCUT2D eigenvalue weighted by Gasteiger charge is 2.40. The van der Waals surface area contributed by atoms with E-state index in [1.165, 1.54) is 17.5 Å². The van der Waals surface area contributed by atoms with E-state index in [9.17, 15) is 0 Å². The lowest BCUT2D eigenvalue weighted by molar-refractivity contribution is 0.170. The van der Waals surface area contributed by atoms with E-state index in [0.717, 1.165) is 41.2 Å². The van der Waals surface area contributed by atoms with E-state index in [4.69, 9.17) is 4.98 Å². The molecule has 0 aliphatic carbocycles. The van der Waals surface area contributed by atoms with Crippen molar-refractivity contribution in [2.75, 3.05) is 13.1 Å². The molecular weight excluding hydrogens is 396 g/mol. The zero-order valence-corrected chi connectivity index (χ0v) is 19.2. The summed E-state index contributed by atoms with van der Waals surface area (Å²) in [6.07, 6.45) is 3.47. The molecule has 1 N–H and O–H groups in total. The molecule has 0 spiro atoms. The fourth-order valence-electron chi connectivity index (χ4n) is 5.46. The first-order chi connectivity index (χ1) is 15.4. The van der Waals surface area contributed by atoms with Crippen LogP contribution in [0.5, 0.6) is 0 Å². The SMILES string of the molecule is C[C@@H](c1ccc2nnc(-c3ccc4cccc(C(C)(C)C)c4n3)n2c1)N1C[C@@H]2C[C@H]1CN2. The largest absolute Gasteiger partial charge is 0.311 e. The summed E-state index contributed by atoms with van der Waals surface area (Å²) < 4.78 is 2.10. The number of aromatic nitrogens is 4. The van der Waals surface area contributed by atoms with Gasteiger partial charge in [-0.2, -0.15) is 0 Å². The molecule has 4 aromatic rings. The summed E-state index contributed by atoms with van der Waals surface area (Å²) in [5, 5.41) is 13.7. The molecule has 3 aromatic heterocycles. The molecule has 32 heavy (non-hydrogen) atoms. The van der Waals surface area contributed by atoms with Crippen LogP contribution < -0.4 is 5.32 Å². The van der Waals surface area contributed by atoms with Gasteiger partial charge in [0.25, 0.3) is 0 Å². The quantitative estimate of drug-likeness (QED) is 0.528. The van der Waals surface area contributed by atoms with Gasteiger partial charge in [0, 0.05) is 42.8 Å². The van der Waals surface area contributed by atoms with E-state index in [0.29, 0.717) is 18.1 Å². The Kier molecular flexibility index (Phi) is 4.39. The minimum atomic E-state index is 0.0185. The van der Waals surface area contributed by atoms with Gasteiger partial charge in [-0.05, 0) is 42.0 Å². The normalized spacial score (nSPS) is 22.2. The molecule has 6 nitrogen and oxygen atoms in total. The summed E-state index contributed by atoms with van der Waals surface area (Å²) in [5.41, 5.74) is 5.31. The number of fused-ring (bicyclic) bond motifs is 4. The molecule has 0 saturated carbocycles. The topological polar surface area (TPSA) is 58.4 Å². The third-order valence-corrected chi connectivity index (χ3v) is 7.26. The van der Waals surface area contributed by atoms with Gasteiger partial charge in [-0.15, -0.1) is 10.2 Å². The second-order valence-corrected chi connectivity index (χ2v) is 10.4. The van der Waals surface area contributed by atoms with Crippen LogP contribution in [0.25, 0.3) is 28.1 Å². The van der Waals surface area contributed by atoms with Crippen LogP contribution in [-0.4, -0.2) is 49.7 Å². The average Bonchev–Trinajstić information content (AvgIpc) is 3.52. The van der Waals surface area contributed by atoms with Crippen LogP contribution in [0.1, 0.15) is 51.3 Å². The van der Waals surface area contributed by atoms with Gasteiger partial charge in [0.2, 0.25) is 0 Å². The third kappa shape index (κ3) is 3.12. The molecule has 2 fully saturated rings. The number of pyridine rings is 2. The maximum absolute atomic E-state index is 5.08. The monoisotopic (exact) mass is 426 g/mol. The molecule has 6 rings (SSSR count). The summed E-state index contributed by atoms with van der Waals surface area (Å²) >= 11 is 0. The van der Waals surface area contributed by atoms with Gasteiger partial charge in [-0.1, -0.05) is 51.1 Å². The Morgan fingerprint density at radius 3 is 2.69 bits per heavy atom. The van der Waals surface area contributed by atoms with Crippen molar-refractivity contribution in [2.24, 2.45) is 0 Å². The number of hydrogen-bond donors (Lipinski definition) is 1. The summed E-state index contributed by atoms with van der Waals surface area (Å²) in [6, 6.07) is 16.6. The number of para-hydroxylation sites is 1. The highest BCUT2D eigenvalue weighted by molar-refractivity contribution is 5.84. The number of likely N-dealkylation sites (tertiary alicyclic amines) is 1. The Hall–Kier alpha value is -2.83. The van der Waals surface area contributed by atoms with Crippen molar-refractivity contribution in [1.82, 2.24) is 29.8 Å². The molecule has 2 saturated heterocycles. The van der Waals surface area contributed by atoms with Crippen molar-refractivity contribution in [2.45, 2.75) is 57.7 Å². The minimum absolute atomic E-state index is 0.0185. The van der Waals surface area contributed by atoms with Crippen molar-refractivity contribution < 1.29 is 0 Å². The van der Waals surface area contributed by atoms with Gasteiger partial charge in [0.15, 0.2) is 11.5 Å². The molecule has 2 bridgehead atoms. The molecule has 0 radical (unpaired) electrons. The number of nitrogens with one attached hydrogen (secondary N) is 1. The van der Waals surface area contributed by atoms with Crippen molar-refractivity contribution in [3.63, 3.8) is 0 Å². The van der Waals surface area contributed by atoms with Crippen LogP contribution in [0, 0.1) is 0 Å². The fourth-order valence-corrected chi connectivity index (χ4v) is 5.46. The van der Waals surface area contributed by atoms with E-state index < -0.39 is 0 Å². The van der Waals surface area contributed by atoms with E-state index in [1.807, 2.05) is 0 Å². The van der Waals surface area contributed by atoms with Crippen LogP contribution >= 0.6 is 0 Å². The zero-order chi connectivity index (χ0) is 22.0. The van der Waals surface area contributed by atoms with Gasteiger partial charge >= 0.3 is 0 Å². The van der Waals surface area contributed by atoms with Crippen LogP contribution in [-0.2, 0) is 5.41 Å².